The number of aliphatic hydroxyl groups excluding tert-OH is 1. The second-order valence-corrected chi connectivity index (χ2v) is 10.1. The first-order chi connectivity index (χ1) is 12.7. The smallest absolute Gasteiger partial charge is 0.334 e. The number of carbonyl (C=O) groups is 1. The van der Waals surface area contributed by atoms with Gasteiger partial charge in [-0.2, -0.15) is 0 Å². The lowest BCUT2D eigenvalue weighted by molar-refractivity contribution is -0.162. The fourth-order valence-corrected chi connectivity index (χ4v) is 7.70. The van der Waals surface area contributed by atoms with Crippen molar-refractivity contribution in [1.29, 1.82) is 0 Å². The minimum atomic E-state index is -1.22. The Kier molecular flexibility index (Phi) is 2.28. The normalized spacial score (nSPS) is 64.0. The molecular weight excluding hydrogens is 352 g/mol. The Morgan fingerprint density at radius 2 is 1.96 bits per heavy atom. The van der Waals surface area contributed by atoms with E-state index < -0.39 is 33.9 Å². The highest BCUT2D eigenvalue weighted by molar-refractivity contribution is 5.93. The summed E-state index contributed by atoms with van der Waals surface area (Å²) in [6, 6.07) is 0. The molecule has 7 rings (SSSR count). The minimum absolute atomic E-state index is 0.138. The molecule has 5 fully saturated rings. The lowest BCUT2D eigenvalue weighted by atomic mass is 9.45. The van der Waals surface area contributed by atoms with Crippen molar-refractivity contribution in [3.8, 4) is 0 Å². The van der Waals surface area contributed by atoms with Crippen LogP contribution in [0.1, 0.15) is 40.0 Å². The molecule has 2 N–H and O–H groups in total. The van der Waals surface area contributed by atoms with Gasteiger partial charge in [-0.25, -0.2) is 4.79 Å². The molecule has 0 amide bonds. The predicted octanol–water partition coefficient (Wildman–Crippen LogP) is 0.218. The van der Waals surface area contributed by atoms with Gasteiger partial charge in [-0.15, -0.1) is 0 Å². The Morgan fingerprint density at radius 3 is 2.70 bits per heavy atom. The fourth-order valence-electron chi connectivity index (χ4n) is 7.70. The second kappa shape index (κ2) is 3.87. The highest BCUT2D eigenvalue weighted by Gasteiger charge is 3.02. The topological polar surface area (TPSA) is 104 Å². The van der Waals surface area contributed by atoms with Crippen LogP contribution >= 0.6 is 0 Å². The molecule has 0 radical (unpaired) electrons. The van der Waals surface area contributed by atoms with Crippen LogP contribution in [0.15, 0.2) is 11.1 Å². The summed E-state index contributed by atoms with van der Waals surface area (Å²) in [6.07, 6.45) is 0.0647. The number of hydrogen-bond donors (Lipinski definition) is 2. The van der Waals surface area contributed by atoms with E-state index in [1.165, 1.54) is 0 Å². The summed E-state index contributed by atoms with van der Waals surface area (Å²) < 4.78 is 24.0. The molecule has 0 bridgehead atoms. The Balaban J connectivity index is 1.42. The second-order valence-electron chi connectivity index (χ2n) is 10.1. The van der Waals surface area contributed by atoms with Gasteiger partial charge in [0.15, 0.2) is 5.60 Å². The molecule has 2 spiro atoms. The molecule has 3 saturated heterocycles. The quantitative estimate of drug-likeness (QED) is 0.498. The number of ether oxygens (including phenoxy) is 4. The Hall–Kier alpha value is -0.990. The summed E-state index contributed by atoms with van der Waals surface area (Å²) in [5, 5.41) is 23.4. The van der Waals surface area contributed by atoms with Crippen LogP contribution in [0, 0.1) is 11.3 Å². The van der Waals surface area contributed by atoms with Gasteiger partial charge in [0.25, 0.3) is 0 Å². The van der Waals surface area contributed by atoms with E-state index in [1.807, 2.05) is 6.92 Å². The van der Waals surface area contributed by atoms with E-state index in [-0.39, 0.29) is 36.8 Å². The van der Waals surface area contributed by atoms with Crippen molar-refractivity contribution in [2.24, 2.45) is 11.3 Å². The molecule has 7 aliphatic rings. The largest absolute Gasteiger partial charge is 0.458 e. The van der Waals surface area contributed by atoms with Gasteiger partial charge in [-0.3, -0.25) is 0 Å². The summed E-state index contributed by atoms with van der Waals surface area (Å²) in [5.41, 5.74) is -2.79. The summed E-state index contributed by atoms with van der Waals surface area (Å²) >= 11 is 0. The highest BCUT2D eigenvalue weighted by atomic mass is 16.7. The highest BCUT2D eigenvalue weighted by Crippen LogP contribution is 2.83. The average molecular weight is 376 g/mol. The average Bonchev–Trinajstić information content (AvgIpc) is 3.49. The third-order valence-electron chi connectivity index (χ3n) is 9.27. The molecule has 0 unspecified atom stereocenters. The first-order valence-corrected chi connectivity index (χ1v) is 10.0. The van der Waals surface area contributed by atoms with E-state index in [9.17, 15) is 15.0 Å². The zero-order chi connectivity index (χ0) is 18.8. The summed E-state index contributed by atoms with van der Waals surface area (Å²) in [6.45, 7) is 6.30. The lowest BCUT2D eigenvalue weighted by Crippen LogP contribution is -2.74. The van der Waals surface area contributed by atoms with E-state index in [4.69, 9.17) is 18.9 Å². The van der Waals surface area contributed by atoms with Crippen LogP contribution in [0.3, 0.4) is 0 Å². The Bertz CT molecular complexity index is 866. The van der Waals surface area contributed by atoms with Crippen LogP contribution in [0.2, 0.25) is 0 Å². The number of carbonyl (C=O) groups excluding carboxylic acids is 1. The molecule has 27 heavy (non-hydrogen) atoms. The van der Waals surface area contributed by atoms with Crippen molar-refractivity contribution in [2.75, 3.05) is 6.61 Å². The van der Waals surface area contributed by atoms with E-state index >= 15 is 0 Å². The number of hydrogen-bond acceptors (Lipinski definition) is 7. The van der Waals surface area contributed by atoms with Crippen LogP contribution in [-0.4, -0.2) is 69.6 Å². The fraction of sp³-hybridized carbons (Fsp3) is 0.850. The van der Waals surface area contributed by atoms with Crippen molar-refractivity contribution < 1.29 is 34.0 Å². The zero-order valence-electron chi connectivity index (χ0n) is 15.7. The number of fused-ring (bicyclic) bond motifs is 4. The molecule has 4 heterocycles. The van der Waals surface area contributed by atoms with E-state index in [0.29, 0.717) is 30.4 Å². The summed E-state index contributed by atoms with van der Waals surface area (Å²) in [5.74, 6) is -0.165. The molecule has 0 aromatic heterocycles. The third-order valence-corrected chi connectivity index (χ3v) is 9.27. The Labute approximate surface area is 156 Å². The van der Waals surface area contributed by atoms with Crippen LogP contribution < -0.4 is 0 Å². The van der Waals surface area contributed by atoms with Crippen molar-refractivity contribution >= 4 is 5.97 Å². The van der Waals surface area contributed by atoms with Crippen LogP contribution in [0.5, 0.6) is 0 Å². The molecule has 3 aliphatic carbocycles. The number of epoxide rings is 3. The number of esters is 1. The zero-order valence-corrected chi connectivity index (χ0v) is 15.7. The predicted molar refractivity (Wildman–Crippen MR) is 88.5 cm³/mol. The molecular formula is C20H24O7. The van der Waals surface area contributed by atoms with Crippen molar-refractivity contribution in [1.82, 2.24) is 0 Å². The van der Waals surface area contributed by atoms with Gasteiger partial charge < -0.3 is 29.2 Å². The molecule has 2 saturated carbocycles. The van der Waals surface area contributed by atoms with Gasteiger partial charge in [0, 0.05) is 23.0 Å². The van der Waals surface area contributed by atoms with Crippen molar-refractivity contribution in [3.05, 3.63) is 11.1 Å². The Morgan fingerprint density at radius 1 is 1.19 bits per heavy atom. The van der Waals surface area contributed by atoms with Gasteiger partial charge in [-0.05, 0) is 18.8 Å². The molecule has 4 aliphatic heterocycles. The summed E-state index contributed by atoms with van der Waals surface area (Å²) in [7, 11) is 0. The minimum Gasteiger partial charge on any atom is -0.458 e. The van der Waals surface area contributed by atoms with E-state index in [2.05, 4.69) is 13.8 Å². The van der Waals surface area contributed by atoms with Crippen molar-refractivity contribution in [3.63, 3.8) is 0 Å². The van der Waals surface area contributed by atoms with Crippen molar-refractivity contribution in [2.45, 2.75) is 86.9 Å². The lowest BCUT2D eigenvalue weighted by Gasteiger charge is -2.57. The van der Waals surface area contributed by atoms with Gasteiger partial charge in [0.2, 0.25) is 0 Å². The van der Waals surface area contributed by atoms with Crippen LogP contribution in [-0.2, 0) is 23.7 Å². The maximum Gasteiger partial charge on any atom is 0.334 e. The number of rotatable bonds is 1. The molecule has 0 aromatic rings. The van der Waals surface area contributed by atoms with Gasteiger partial charge >= 0.3 is 5.97 Å². The van der Waals surface area contributed by atoms with Gasteiger partial charge in [-0.1, -0.05) is 20.8 Å². The molecule has 7 nitrogen and oxygen atoms in total. The van der Waals surface area contributed by atoms with E-state index in [0.717, 1.165) is 0 Å². The monoisotopic (exact) mass is 376 g/mol. The molecule has 7 heteroatoms. The maximum absolute atomic E-state index is 12.1. The van der Waals surface area contributed by atoms with Crippen LogP contribution in [0.4, 0.5) is 0 Å². The maximum atomic E-state index is 12.1. The third kappa shape index (κ3) is 1.20. The number of cyclic esters (lactones) is 1. The molecule has 146 valence electrons. The SMILES string of the molecule is CC(C)[C@]12O[C@H]1[C@@H]1O[C@]13[C@]1(O[C@H]1C[C@@]1(O)C4=C(CC[C@]31C)C(=O)OC4)[C@H]2O. The molecule has 0 aromatic carbocycles. The standard InChI is InChI=1S/C20H24O7/c1-8(2)18-12(26-18)13-20(27-13)16(3)5-4-9-10(7-24-14(9)21)17(16,23)6-11-19(20,25-11)15(18)22/h8,11-13,15,22-23H,4-7H2,1-3H3/t11-,12-,13-,15-,16-,17+,18-,19+,20+/m0/s1. The first-order valence-electron chi connectivity index (χ1n) is 10.0. The van der Waals surface area contributed by atoms with Crippen LogP contribution in [0.25, 0.3) is 0 Å². The number of aliphatic hydroxyl groups is 2. The van der Waals surface area contributed by atoms with E-state index in [1.54, 1.807) is 0 Å². The summed E-state index contributed by atoms with van der Waals surface area (Å²) in [4.78, 5) is 12.1. The van der Waals surface area contributed by atoms with Gasteiger partial charge in [0.1, 0.15) is 41.7 Å². The first kappa shape index (κ1) is 15.9. The molecule has 9 atom stereocenters. The van der Waals surface area contributed by atoms with Gasteiger partial charge in [0.05, 0.1) is 6.10 Å².